The van der Waals surface area contributed by atoms with Crippen molar-refractivity contribution in [2.24, 2.45) is 0 Å². The van der Waals surface area contributed by atoms with Crippen LogP contribution in [0.25, 0.3) is 11.5 Å². The lowest BCUT2D eigenvalue weighted by Crippen LogP contribution is -2.34. The van der Waals surface area contributed by atoms with Crippen LogP contribution in [0.1, 0.15) is 45.4 Å². The first kappa shape index (κ1) is 21.1. The normalized spacial score (nSPS) is 14.6. The zero-order valence-corrected chi connectivity index (χ0v) is 17.3. The van der Waals surface area contributed by atoms with Gasteiger partial charge < -0.3 is 19.3 Å². The van der Waals surface area contributed by atoms with Crippen LogP contribution in [0.3, 0.4) is 0 Å². The Morgan fingerprint density at radius 3 is 2.79 bits per heavy atom. The third-order valence-electron chi connectivity index (χ3n) is 3.99. The molecule has 3 rings (SSSR count). The fraction of sp³-hybridized carbons (Fsp3) is 0.450. The number of carbonyl (C=O) groups is 1. The number of amides is 1. The number of hydrogen-bond donors (Lipinski definition) is 1. The van der Waals surface area contributed by atoms with Gasteiger partial charge in [-0.25, -0.2) is 9.18 Å². The summed E-state index contributed by atoms with van der Waals surface area (Å²) in [6.45, 7) is 5.14. The van der Waals surface area contributed by atoms with Gasteiger partial charge in [-0.05, 0) is 51.8 Å². The fourth-order valence-electron chi connectivity index (χ4n) is 2.41. The molecule has 1 N–H and O–H groups in total. The number of aromatic nitrogens is 2. The summed E-state index contributed by atoms with van der Waals surface area (Å²) in [4.78, 5) is 16.0. The van der Waals surface area contributed by atoms with Crippen LogP contribution in [-0.4, -0.2) is 35.0 Å². The molecule has 0 radical (unpaired) electrons. The van der Waals surface area contributed by atoms with Gasteiger partial charge in [-0.15, -0.1) is 0 Å². The largest absolute Gasteiger partial charge is 0.489 e. The monoisotopic (exact) mass is 423 g/mol. The summed E-state index contributed by atoms with van der Waals surface area (Å²) in [6.07, 6.45) is 1.92. The van der Waals surface area contributed by atoms with Gasteiger partial charge in [-0.1, -0.05) is 16.8 Å². The maximum atomic E-state index is 13.1. The molecule has 1 aliphatic carbocycles. The maximum absolute atomic E-state index is 13.1. The Bertz CT molecular complexity index is 903. The highest BCUT2D eigenvalue weighted by Gasteiger charge is 2.29. The average Bonchev–Trinajstić information content (AvgIpc) is 3.38. The van der Waals surface area contributed by atoms with Crippen LogP contribution in [-0.2, 0) is 4.74 Å². The second-order valence-electron chi connectivity index (χ2n) is 7.79. The van der Waals surface area contributed by atoms with Crippen molar-refractivity contribution in [3.63, 3.8) is 0 Å². The van der Waals surface area contributed by atoms with Gasteiger partial charge in [0.05, 0.1) is 16.9 Å². The summed E-state index contributed by atoms with van der Waals surface area (Å²) in [5, 5.41) is 6.84. The molecule has 1 amide bonds. The Kier molecular flexibility index (Phi) is 6.42. The molecule has 29 heavy (non-hydrogen) atoms. The number of hydrogen-bond acceptors (Lipinski definition) is 6. The molecule has 0 spiro atoms. The van der Waals surface area contributed by atoms with Gasteiger partial charge in [0, 0.05) is 18.0 Å². The number of benzene rings is 1. The SMILES string of the molecule is CC(C)(C)OC(=O)NC/C(=C\F)COc1ccc(-c2nc(C3CC3)no2)c(Cl)c1. The van der Waals surface area contributed by atoms with Crippen molar-refractivity contribution in [2.75, 3.05) is 13.2 Å². The lowest BCUT2D eigenvalue weighted by atomic mass is 10.2. The number of nitrogens with zero attached hydrogens (tertiary/aromatic N) is 2. The van der Waals surface area contributed by atoms with E-state index < -0.39 is 11.7 Å². The van der Waals surface area contributed by atoms with E-state index in [4.69, 9.17) is 25.6 Å². The molecule has 1 heterocycles. The number of halogens is 2. The zero-order chi connectivity index (χ0) is 21.0. The Morgan fingerprint density at radius 2 is 2.17 bits per heavy atom. The van der Waals surface area contributed by atoms with E-state index in [1.165, 1.54) is 0 Å². The summed E-state index contributed by atoms with van der Waals surface area (Å²) in [7, 11) is 0. The summed E-state index contributed by atoms with van der Waals surface area (Å²) in [6, 6.07) is 4.98. The van der Waals surface area contributed by atoms with Crippen molar-refractivity contribution in [3.05, 3.63) is 40.9 Å². The molecular formula is C20H23ClFN3O4. The lowest BCUT2D eigenvalue weighted by molar-refractivity contribution is 0.0531. The second kappa shape index (κ2) is 8.82. The quantitative estimate of drug-likeness (QED) is 0.672. The van der Waals surface area contributed by atoms with Crippen LogP contribution in [0.5, 0.6) is 5.75 Å². The molecule has 0 unspecified atom stereocenters. The number of ether oxygens (including phenoxy) is 2. The van der Waals surface area contributed by atoms with E-state index in [0.29, 0.717) is 40.3 Å². The van der Waals surface area contributed by atoms with Crippen molar-refractivity contribution in [2.45, 2.75) is 45.1 Å². The Morgan fingerprint density at radius 1 is 1.41 bits per heavy atom. The molecular weight excluding hydrogens is 401 g/mol. The molecule has 1 saturated carbocycles. The van der Waals surface area contributed by atoms with Crippen molar-refractivity contribution in [3.8, 4) is 17.2 Å². The number of carbonyl (C=O) groups excluding carboxylic acids is 1. The third-order valence-corrected chi connectivity index (χ3v) is 4.31. The molecule has 9 heteroatoms. The summed E-state index contributed by atoms with van der Waals surface area (Å²) < 4.78 is 29.1. The maximum Gasteiger partial charge on any atom is 0.407 e. The van der Waals surface area contributed by atoms with E-state index >= 15 is 0 Å². The van der Waals surface area contributed by atoms with Gasteiger partial charge in [0.1, 0.15) is 18.0 Å². The van der Waals surface area contributed by atoms with Gasteiger partial charge in [0.2, 0.25) is 0 Å². The molecule has 1 aromatic carbocycles. The topological polar surface area (TPSA) is 86.5 Å². The van der Waals surface area contributed by atoms with E-state index in [0.717, 1.165) is 12.8 Å². The van der Waals surface area contributed by atoms with Gasteiger partial charge in [-0.2, -0.15) is 4.98 Å². The second-order valence-corrected chi connectivity index (χ2v) is 8.19. The molecule has 156 valence electrons. The highest BCUT2D eigenvalue weighted by atomic mass is 35.5. The molecule has 1 aromatic heterocycles. The molecule has 7 nitrogen and oxygen atoms in total. The van der Waals surface area contributed by atoms with Gasteiger partial charge in [-0.3, -0.25) is 0 Å². The van der Waals surface area contributed by atoms with Crippen LogP contribution < -0.4 is 10.1 Å². The Labute approximate surface area is 173 Å². The number of nitrogens with one attached hydrogen (secondary N) is 1. The third kappa shape index (κ3) is 6.19. The predicted molar refractivity (Wildman–Crippen MR) is 106 cm³/mol. The van der Waals surface area contributed by atoms with Crippen molar-refractivity contribution < 1.29 is 23.2 Å². The van der Waals surface area contributed by atoms with E-state index in [1.54, 1.807) is 39.0 Å². The molecule has 2 aromatic rings. The smallest absolute Gasteiger partial charge is 0.407 e. The summed E-state index contributed by atoms with van der Waals surface area (Å²) in [5.74, 6) is 1.88. The molecule has 0 aliphatic heterocycles. The zero-order valence-electron chi connectivity index (χ0n) is 16.5. The van der Waals surface area contributed by atoms with E-state index in [2.05, 4.69) is 15.5 Å². The van der Waals surface area contributed by atoms with Gasteiger partial charge in [0.25, 0.3) is 5.89 Å². The number of rotatable bonds is 7. The van der Waals surface area contributed by atoms with E-state index in [9.17, 15) is 9.18 Å². The minimum absolute atomic E-state index is 0.0385. The lowest BCUT2D eigenvalue weighted by Gasteiger charge is -2.20. The van der Waals surface area contributed by atoms with E-state index in [-0.39, 0.29) is 18.7 Å². The molecule has 1 fully saturated rings. The predicted octanol–water partition coefficient (Wildman–Crippen LogP) is 5.02. The highest BCUT2D eigenvalue weighted by Crippen LogP contribution is 2.39. The molecule has 0 saturated heterocycles. The van der Waals surface area contributed by atoms with Crippen molar-refractivity contribution in [1.82, 2.24) is 15.5 Å². The standard InChI is InChI=1S/C20H23ClFN3O4/c1-20(2,3)28-19(26)23-10-12(9-22)11-27-14-6-7-15(16(21)8-14)18-24-17(25-29-18)13-4-5-13/h6-9,13H,4-5,10-11H2,1-3H3,(H,23,26)/b12-9+. The Hall–Kier alpha value is -2.61. The van der Waals surface area contributed by atoms with Gasteiger partial charge in [0.15, 0.2) is 5.82 Å². The van der Waals surface area contributed by atoms with E-state index in [1.807, 2.05) is 0 Å². The summed E-state index contributed by atoms with van der Waals surface area (Å²) in [5.41, 5.74) is 0.213. The molecule has 0 bridgehead atoms. The first-order chi connectivity index (χ1) is 13.7. The van der Waals surface area contributed by atoms with Crippen molar-refractivity contribution in [1.29, 1.82) is 0 Å². The first-order valence-electron chi connectivity index (χ1n) is 9.26. The van der Waals surface area contributed by atoms with Crippen LogP contribution >= 0.6 is 11.6 Å². The van der Waals surface area contributed by atoms with Gasteiger partial charge >= 0.3 is 6.09 Å². The van der Waals surface area contributed by atoms with Crippen molar-refractivity contribution >= 4 is 17.7 Å². The minimum Gasteiger partial charge on any atom is -0.489 e. The summed E-state index contributed by atoms with van der Waals surface area (Å²) >= 11 is 6.31. The fourth-order valence-corrected chi connectivity index (χ4v) is 2.66. The van der Waals surface area contributed by atoms with Crippen LogP contribution in [0.4, 0.5) is 9.18 Å². The number of alkyl carbamates (subject to hydrolysis) is 1. The first-order valence-corrected chi connectivity index (χ1v) is 9.64. The van der Waals surface area contributed by atoms with Crippen LogP contribution in [0.2, 0.25) is 5.02 Å². The molecule has 0 atom stereocenters. The van der Waals surface area contributed by atoms with Crippen LogP contribution in [0.15, 0.2) is 34.6 Å². The Balaban J connectivity index is 1.54. The molecule has 1 aliphatic rings. The minimum atomic E-state index is -0.630. The van der Waals surface area contributed by atoms with Crippen LogP contribution in [0, 0.1) is 0 Å². The average molecular weight is 424 g/mol. The highest BCUT2D eigenvalue weighted by molar-refractivity contribution is 6.33.